The normalized spacial score (nSPS) is 10.3. The minimum absolute atomic E-state index is 0.132. The fraction of sp³-hybridized carbons (Fsp3) is 0.375. The minimum Gasteiger partial charge on any atom is -0.370 e. The van der Waals surface area contributed by atoms with Gasteiger partial charge in [-0.3, -0.25) is 9.59 Å². The highest BCUT2D eigenvalue weighted by atomic mass is 16.2. The molecule has 0 spiro atoms. The Balaban J connectivity index is 1.88. The van der Waals surface area contributed by atoms with Gasteiger partial charge < -0.3 is 20.5 Å². The number of aryl methyl sites for hydroxylation is 2. The van der Waals surface area contributed by atoms with E-state index in [0.717, 1.165) is 12.4 Å². The van der Waals surface area contributed by atoms with Crippen molar-refractivity contribution < 1.29 is 4.79 Å². The molecule has 0 aromatic carbocycles. The van der Waals surface area contributed by atoms with E-state index in [-0.39, 0.29) is 17.0 Å². The summed E-state index contributed by atoms with van der Waals surface area (Å²) in [5, 5.41) is 8.98. The summed E-state index contributed by atoms with van der Waals surface area (Å²) < 4.78 is 1.37. The van der Waals surface area contributed by atoms with E-state index in [0.29, 0.717) is 24.7 Å². The second-order valence-electron chi connectivity index (χ2n) is 5.24. The van der Waals surface area contributed by atoms with Gasteiger partial charge in [-0.15, -0.1) is 0 Å². The molecule has 2 rings (SSSR count). The lowest BCUT2D eigenvalue weighted by Gasteiger charge is -2.10. The number of carbonyl (C=O) groups excluding carboxylic acids is 1. The third-order valence-corrected chi connectivity index (χ3v) is 3.28. The van der Waals surface area contributed by atoms with Crippen LogP contribution in [0.15, 0.2) is 29.2 Å². The SMILES string of the molecule is CCNc1cc(NCCNC(=O)c2cccn(C)c2=O)nc(C)n1. The van der Waals surface area contributed by atoms with Crippen LogP contribution in [0.1, 0.15) is 23.1 Å². The molecule has 0 fully saturated rings. The first-order chi connectivity index (χ1) is 11.5. The predicted molar refractivity (Wildman–Crippen MR) is 93.4 cm³/mol. The van der Waals surface area contributed by atoms with Crippen molar-refractivity contribution in [3.63, 3.8) is 0 Å². The van der Waals surface area contributed by atoms with Gasteiger partial charge in [0.05, 0.1) is 0 Å². The summed E-state index contributed by atoms with van der Waals surface area (Å²) in [6.07, 6.45) is 1.61. The zero-order chi connectivity index (χ0) is 17.5. The van der Waals surface area contributed by atoms with Crippen LogP contribution in [-0.2, 0) is 7.05 Å². The van der Waals surface area contributed by atoms with Crippen LogP contribution in [0.5, 0.6) is 0 Å². The lowest BCUT2D eigenvalue weighted by Crippen LogP contribution is -2.34. The molecule has 128 valence electrons. The zero-order valence-electron chi connectivity index (χ0n) is 14.1. The van der Waals surface area contributed by atoms with Gasteiger partial charge in [-0.2, -0.15) is 0 Å². The second-order valence-corrected chi connectivity index (χ2v) is 5.24. The van der Waals surface area contributed by atoms with Crippen molar-refractivity contribution >= 4 is 17.5 Å². The average molecular weight is 330 g/mol. The van der Waals surface area contributed by atoms with Gasteiger partial charge in [0, 0.05) is 38.9 Å². The molecule has 8 nitrogen and oxygen atoms in total. The Morgan fingerprint density at radius 1 is 1.21 bits per heavy atom. The molecule has 2 aromatic heterocycles. The van der Waals surface area contributed by atoms with Crippen LogP contribution in [-0.4, -0.2) is 40.1 Å². The van der Waals surface area contributed by atoms with E-state index in [2.05, 4.69) is 25.9 Å². The molecule has 0 unspecified atom stereocenters. The quantitative estimate of drug-likeness (QED) is 0.648. The number of pyridine rings is 1. The van der Waals surface area contributed by atoms with Crippen LogP contribution in [0.3, 0.4) is 0 Å². The Morgan fingerprint density at radius 2 is 1.92 bits per heavy atom. The van der Waals surface area contributed by atoms with E-state index in [4.69, 9.17) is 0 Å². The Labute approximate surface area is 140 Å². The molecular formula is C16H22N6O2. The summed E-state index contributed by atoms with van der Waals surface area (Å²) in [6, 6.07) is 4.99. The summed E-state index contributed by atoms with van der Waals surface area (Å²) in [7, 11) is 1.61. The van der Waals surface area contributed by atoms with Gasteiger partial charge in [-0.05, 0) is 26.0 Å². The average Bonchev–Trinajstić information content (AvgIpc) is 2.54. The molecule has 0 bridgehead atoms. The summed E-state index contributed by atoms with van der Waals surface area (Å²) in [6.45, 7) is 5.45. The van der Waals surface area contributed by atoms with E-state index in [9.17, 15) is 9.59 Å². The number of rotatable bonds is 7. The highest BCUT2D eigenvalue weighted by Gasteiger charge is 2.10. The smallest absolute Gasteiger partial charge is 0.263 e. The molecule has 0 aliphatic heterocycles. The van der Waals surface area contributed by atoms with E-state index >= 15 is 0 Å². The van der Waals surface area contributed by atoms with Gasteiger partial charge in [0.15, 0.2) is 0 Å². The Kier molecular flexibility index (Phi) is 5.89. The minimum atomic E-state index is -0.384. The third kappa shape index (κ3) is 4.55. The second kappa shape index (κ2) is 8.09. The van der Waals surface area contributed by atoms with Crippen LogP contribution < -0.4 is 21.5 Å². The Hall–Kier alpha value is -2.90. The highest BCUT2D eigenvalue weighted by Crippen LogP contribution is 2.10. The van der Waals surface area contributed by atoms with Gasteiger partial charge in [0.25, 0.3) is 11.5 Å². The van der Waals surface area contributed by atoms with Crippen molar-refractivity contribution in [1.82, 2.24) is 19.9 Å². The fourth-order valence-corrected chi connectivity index (χ4v) is 2.16. The number of anilines is 2. The van der Waals surface area contributed by atoms with Gasteiger partial charge >= 0.3 is 0 Å². The number of nitrogens with one attached hydrogen (secondary N) is 3. The standard InChI is InChI=1S/C16H22N6O2/c1-4-17-13-10-14(21-11(2)20-13)18-7-8-19-15(23)12-6-5-9-22(3)16(12)24/h5-6,9-10H,4,7-8H2,1-3H3,(H,19,23)(H2,17,18,20,21). The van der Waals surface area contributed by atoms with E-state index in [1.165, 1.54) is 10.6 Å². The Bertz CT molecular complexity index is 771. The largest absolute Gasteiger partial charge is 0.370 e. The number of nitrogens with zero attached hydrogens (tertiary/aromatic N) is 3. The molecule has 3 N–H and O–H groups in total. The highest BCUT2D eigenvalue weighted by molar-refractivity contribution is 5.93. The molecule has 1 amide bonds. The van der Waals surface area contributed by atoms with Crippen molar-refractivity contribution in [3.05, 3.63) is 46.1 Å². The first kappa shape index (κ1) is 17.5. The van der Waals surface area contributed by atoms with Crippen LogP contribution >= 0.6 is 0 Å². The first-order valence-corrected chi connectivity index (χ1v) is 7.78. The fourth-order valence-electron chi connectivity index (χ4n) is 2.16. The first-order valence-electron chi connectivity index (χ1n) is 7.78. The van der Waals surface area contributed by atoms with Crippen molar-refractivity contribution in [2.24, 2.45) is 7.05 Å². The van der Waals surface area contributed by atoms with E-state index in [1.807, 2.05) is 19.9 Å². The van der Waals surface area contributed by atoms with Crippen LogP contribution in [0.25, 0.3) is 0 Å². The maximum Gasteiger partial charge on any atom is 0.263 e. The Morgan fingerprint density at radius 3 is 2.62 bits per heavy atom. The lowest BCUT2D eigenvalue weighted by molar-refractivity contribution is 0.0953. The lowest BCUT2D eigenvalue weighted by atomic mass is 10.2. The summed E-state index contributed by atoms with van der Waals surface area (Å²) in [4.78, 5) is 32.5. The summed E-state index contributed by atoms with van der Waals surface area (Å²) >= 11 is 0. The molecule has 0 saturated heterocycles. The maximum atomic E-state index is 12.0. The maximum absolute atomic E-state index is 12.0. The molecule has 8 heteroatoms. The monoisotopic (exact) mass is 330 g/mol. The topological polar surface area (TPSA) is 101 Å². The molecule has 2 aromatic rings. The van der Waals surface area contributed by atoms with Crippen molar-refractivity contribution in [2.75, 3.05) is 30.3 Å². The molecule has 0 saturated carbocycles. The number of hydrogen-bond acceptors (Lipinski definition) is 6. The van der Waals surface area contributed by atoms with Crippen LogP contribution in [0.2, 0.25) is 0 Å². The van der Waals surface area contributed by atoms with E-state index in [1.54, 1.807) is 19.3 Å². The van der Waals surface area contributed by atoms with Gasteiger partial charge in [0.2, 0.25) is 0 Å². The zero-order valence-corrected chi connectivity index (χ0v) is 14.1. The number of carbonyl (C=O) groups is 1. The van der Waals surface area contributed by atoms with Crippen molar-refractivity contribution in [3.8, 4) is 0 Å². The molecule has 0 atom stereocenters. The summed E-state index contributed by atoms with van der Waals surface area (Å²) in [5.41, 5.74) is -0.183. The predicted octanol–water partition coefficient (Wildman–Crippen LogP) is 0.757. The van der Waals surface area contributed by atoms with Crippen LogP contribution in [0.4, 0.5) is 11.6 Å². The third-order valence-electron chi connectivity index (χ3n) is 3.28. The van der Waals surface area contributed by atoms with Crippen molar-refractivity contribution in [1.29, 1.82) is 0 Å². The molecule has 0 aliphatic carbocycles. The van der Waals surface area contributed by atoms with Crippen LogP contribution in [0, 0.1) is 6.92 Å². The molecule has 0 aliphatic rings. The van der Waals surface area contributed by atoms with Gasteiger partial charge in [0.1, 0.15) is 23.0 Å². The number of amides is 1. The van der Waals surface area contributed by atoms with Gasteiger partial charge in [-0.1, -0.05) is 0 Å². The molecule has 24 heavy (non-hydrogen) atoms. The van der Waals surface area contributed by atoms with Crippen molar-refractivity contribution in [2.45, 2.75) is 13.8 Å². The number of hydrogen-bond donors (Lipinski definition) is 3. The molecule has 2 heterocycles. The summed E-state index contributed by atoms with van der Waals surface area (Å²) in [5.74, 6) is 1.71. The molecular weight excluding hydrogens is 308 g/mol. The molecule has 0 radical (unpaired) electrons. The van der Waals surface area contributed by atoms with E-state index < -0.39 is 0 Å². The van der Waals surface area contributed by atoms with Gasteiger partial charge in [-0.25, -0.2) is 9.97 Å². The number of aromatic nitrogens is 3.